The summed E-state index contributed by atoms with van der Waals surface area (Å²) in [6.45, 7) is 1.94. The first-order chi connectivity index (χ1) is 20.2. The number of anilines is 1. The van der Waals surface area contributed by atoms with Crippen LogP contribution in [0.3, 0.4) is 0 Å². The Kier molecular flexibility index (Phi) is 11.1. The molecule has 0 saturated carbocycles. The number of aliphatic carboxylic acids is 1. The lowest BCUT2D eigenvalue weighted by Crippen LogP contribution is -2.50. The molecule has 0 radical (unpaired) electrons. The van der Waals surface area contributed by atoms with Crippen molar-refractivity contribution in [1.29, 1.82) is 0 Å². The number of carboxylic acids is 1. The summed E-state index contributed by atoms with van der Waals surface area (Å²) in [5.41, 5.74) is 7.06. The number of benzene rings is 2. The van der Waals surface area contributed by atoms with Gasteiger partial charge in [0.15, 0.2) is 0 Å². The molecule has 12 nitrogen and oxygen atoms in total. The molecule has 4 atom stereocenters. The van der Waals surface area contributed by atoms with E-state index in [0.717, 1.165) is 5.56 Å². The lowest BCUT2D eigenvalue weighted by molar-refractivity contribution is -0.166. The van der Waals surface area contributed by atoms with Crippen LogP contribution in [0.4, 0.5) is 14.5 Å². The fourth-order valence-corrected chi connectivity index (χ4v) is 4.50. The van der Waals surface area contributed by atoms with Crippen molar-refractivity contribution in [3.8, 4) is 0 Å². The maximum absolute atomic E-state index is 13.5. The average molecular weight is 625 g/mol. The number of cyclic esters (lactones) is 1. The fraction of sp³-hybridized carbons (Fsp3) is 0.393. The topological polar surface area (TPSA) is 177 Å². The molecular weight excluding hydrogens is 594 g/mol. The first-order valence-electron chi connectivity index (χ1n) is 13.1. The highest BCUT2D eigenvalue weighted by Gasteiger charge is 2.50. The van der Waals surface area contributed by atoms with Crippen LogP contribution < -0.4 is 16.4 Å². The SMILES string of the molecule is CC(=O)Nc1ccc(C(=O)NC(C)C(=O)N2CC(F)(F)CC2C(=O)O)cc1Cl.NC1CC(=O)OC1OCc1ccccc1. The predicted molar refractivity (Wildman–Crippen MR) is 149 cm³/mol. The standard InChI is InChI=1S/C17H18ClF2N3O5.C11H13NO3/c1-8(15(26)23-7-17(19,20)6-13(23)16(27)28)21-14(25)10-3-4-12(11(18)5-10)22-9(2)24;12-9-6-10(13)15-11(9)14-7-8-4-2-1-3-5-8/h3-5,8,13H,6-7H2,1-2H3,(H,21,25)(H,22,24)(H,27,28);1-5,9,11H,6-7,12H2. The predicted octanol–water partition coefficient (Wildman–Crippen LogP) is 2.54. The number of alkyl halides is 2. The molecular formula is C28H31ClF2N4O8. The van der Waals surface area contributed by atoms with Gasteiger partial charge in [0.05, 0.1) is 36.3 Å². The first-order valence-corrected chi connectivity index (χ1v) is 13.4. The average Bonchev–Trinajstić information content (AvgIpc) is 3.45. The third-order valence-corrected chi connectivity index (χ3v) is 6.67. The van der Waals surface area contributed by atoms with Gasteiger partial charge in [-0.25, -0.2) is 13.6 Å². The summed E-state index contributed by atoms with van der Waals surface area (Å²) in [4.78, 5) is 58.4. The van der Waals surface area contributed by atoms with E-state index in [1.54, 1.807) is 0 Å². The number of nitrogens with two attached hydrogens (primary N) is 1. The van der Waals surface area contributed by atoms with Gasteiger partial charge in [-0.1, -0.05) is 41.9 Å². The van der Waals surface area contributed by atoms with Gasteiger partial charge < -0.3 is 35.8 Å². The summed E-state index contributed by atoms with van der Waals surface area (Å²) < 4.78 is 37.4. The second-order valence-corrected chi connectivity index (χ2v) is 10.4. The fourth-order valence-electron chi connectivity index (χ4n) is 4.27. The van der Waals surface area contributed by atoms with E-state index < -0.39 is 55.0 Å². The number of rotatable bonds is 8. The molecule has 0 spiro atoms. The van der Waals surface area contributed by atoms with Crippen LogP contribution in [0.15, 0.2) is 48.5 Å². The number of hydrogen-bond acceptors (Lipinski definition) is 8. The number of esters is 1. The van der Waals surface area contributed by atoms with E-state index in [1.807, 2.05) is 30.3 Å². The molecule has 3 amide bonds. The summed E-state index contributed by atoms with van der Waals surface area (Å²) in [7, 11) is 0. The van der Waals surface area contributed by atoms with Crippen LogP contribution >= 0.6 is 11.6 Å². The van der Waals surface area contributed by atoms with Crippen molar-refractivity contribution in [3.05, 3.63) is 64.7 Å². The minimum Gasteiger partial charge on any atom is -0.480 e. The number of halogens is 3. The molecule has 0 bridgehead atoms. The molecule has 4 unspecified atom stereocenters. The molecule has 232 valence electrons. The summed E-state index contributed by atoms with van der Waals surface area (Å²) in [6, 6.07) is 10.5. The molecule has 2 saturated heterocycles. The van der Waals surface area contributed by atoms with Crippen molar-refractivity contribution in [2.75, 3.05) is 11.9 Å². The normalized spacial score (nSPS) is 21.2. The van der Waals surface area contributed by atoms with E-state index in [-0.39, 0.29) is 34.9 Å². The maximum Gasteiger partial charge on any atom is 0.326 e. The van der Waals surface area contributed by atoms with Crippen LogP contribution in [-0.2, 0) is 35.3 Å². The van der Waals surface area contributed by atoms with Gasteiger partial charge in [-0.05, 0) is 30.7 Å². The van der Waals surface area contributed by atoms with Gasteiger partial charge in [-0.15, -0.1) is 0 Å². The van der Waals surface area contributed by atoms with Gasteiger partial charge in [0.25, 0.3) is 11.8 Å². The van der Waals surface area contributed by atoms with E-state index in [1.165, 1.54) is 32.0 Å². The summed E-state index contributed by atoms with van der Waals surface area (Å²) >= 11 is 5.99. The van der Waals surface area contributed by atoms with Gasteiger partial charge in [0.1, 0.15) is 12.1 Å². The molecule has 2 aromatic rings. The Morgan fingerprint density at radius 1 is 1.21 bits per heavy atom. The van der Waals surface area contributed by atoms with Crippen molar-refractivity contribution in [2.45, 2.75) is 63.6 Å². The van der Waals surface area contributed by atoms with Crippen molar-refractivity contribution in [3.63, 3.8) is 0 Å². The van der Waals surface area contributed by atoms with E-state index in [9.17, 15) is 32.8 Å². The highest BCUT2D eigenvalue weighted by atomic mass is 35.5. The van der Waals surface area contributed by atoms with Crippen molar-refractivity contribution in [1.82, 2.24) is 10.2 Å². The smallest absolute Gasteiger partial charge is 0.326 e. The largest absolute Gasteiger partial charge is 0.480 e. The third kappa shape index (κ3) is 9.43. The second-order valence-electron chi connectivity index (χ2n) is 9.97. The molecule has 2 aliphatic heterocycles. The van der Waals surface area contributed by atoms with Crippen molar-refractivity contribution in [2.24, 2.45) is 5.73 Å². The minimum absolute atomic E-state index is 0.0697. The van der Waals surface area contributed by atoms with E-state index in [2.05, 4.69) is 10.6 Å². The Labute approximate surface area is 250 Å². The number of carbonyl (C=O) groups is 5. The molecule has 2 aliphatic rings. The number of carbonyl (C=O) groups excluding carboxylic acids is 4. The van der Waals surface area contributed by atoms with Crippen LogP contribution in [0.5, 0.6) is 0 Å². The van der Waals surface area contributed by atoms with Crippen LogP contribution in [0.2, 0.25) is 5.02 Å². The van der Waals surface area contributed by atoms with Crippen LogP contribution in [0.1, 0.15) is 42.6 Å². The molecule has 2 fully saturated rings. The number of amides is 3. The number of nitrogens with one attached hydrogen (secondary N) is 2. The minimum atomic E-state index is -3.31. The molecule has 4 rings (SSSR count). The molecule has 5 N–H and O–H groups in total. The van der Waals surface area contributed by atoms with E-state index >= 15 is 0 Å². The molecule has 0 aliphatic carbocycles. The Balaban J connectivity index is 0.000000282. The van der Waals surface area contributed by atoms with Crippen molar-refractivity contribution >= 4 is 46.9 Å². The molecule has 2 aromatic carbocycles. The summed E-state index contributed by atoms with van der Waals surface area (Å²) in [6.07, 6.45) is -1.34. The zero-order valence-corrected chi connectivity index (χ0v) is 24.0. The number of nitrogens with zero attached hydrogens (tertiary/aromatic N) is 1. The number of hydrogen-bond donors (Lipinski definition) is 4. The Bertz CT molecular complexity index is 1360. The summed E-state index contributed by atoms with van der Waals surface area (Å²) in [5, 5.41) is 14.0. The monoisotopic (exact) mass is 624 g/mol. The van der Waals surface area contributed by atoms with Gasteiger partial charge in [0.2, 0.25) is 18.1 Å². The lowest BCUT2D eigenvalue weighted by Gasteiger charge is -2.25. The van der Waals surface area contributed by atoms with Gasteiger partial charge in [-0.2, -0.15) is 0 Å². The van der Waals surface area contributed by atoms with Gasteiger partial charge in [-0.3, -0.25) is 19.2 Å². The quantitative estimate of drug-likeness (QED) is 0.321. The maximum atomic E-state index is 13.5. The lowest BCUT2D eigenvalue weighted by atomic mass is 10.1. The Morgan fingerprint density at radius 2 is 1.88 bits per heavy atom. The number of carboxylic acid groups (broad SMARTS) is 1. The van der Waals surface area contributed by atoms with Crippen molar-refractivity contribution < 1.29 is 47.3 Å². The van der Waals surface area contributed by atoms with Gasteiger partial charge in [0, 0.05) is 18.9 Å². The number of ether oxygens (including phenoxy) is 2. The Morgan fingerprint density at radius 3 is 2.44 bits per heavy atom. The van der Waals surface area contributed by atoms with Gasteiger partial charge >= 0.3 is 11.9 Å². The third-order valence-electron chi connectivity index (χ3n) is 6.35. The highest BCUT2D eigenvalue weighted by molar-refractivity contribution is 6.34. The number of likely N-dealkylation sites (tertiary alicyclic amines) is 1. The van der Waals surface area contributed by atoms with E-state index in [4.69, 9.17) is 31.9 Å². The van der Waals surface area contributed by atoms with Crippen LogP contribution in [0.25, 0.3) is 0 Å². The van der Waals surface area contributed by atoms with Crippen LogP contribution in [-0.4, -0.2) is 76.5 Å². The molecule has 2 heterocycles. The summed E-state index contributed by atoms with van der Waals surface area (Å²) in [5.74, 6) is -7.14. The Hall–Kier alpha value is -4.14. The first kappa shape index (κ1) is 33.4. The molecule has 15 heteroatoms. The van der Waals surface area contributed by atoms with Crippen LogP contribution in [0, 0.1) is 0 Å². The highest BCUT2D eigenvalue weighted by Crippen LogP contribution is 2.32. The zero-order valence-electron chi connectivity index (χ0n) is 23.2. The molecule has 0 aromatic heterocycles. The molecule has 43 heavy (non-hydrogen) atoms. The second kappa shape index (κ2) is 14.4. The zero-order chi connectivity index (χ0) is 31.9. The van der Waals surface area contributed by atoms with E-state index in [0.29, 0.717) is 17.2 Å².